The smallest absolute Gasteiger partial charge is 0.224 e. The first-order valence-electron chi connectivity index (χ1n) is 10.3. The van der Waals surface area contributed by atoms with E-state index in [2.05, 4.69) is 5.32 Å². The van der Waals surface area contributed by atoms with Crippen LogP contribution < -0.4 is 5.32 Å². The van der Waals surface area contributed by atoms with E-state index in [0.717, 1.165) is 16.7 Å². The number of amides is 1. The Morgan fingerprint density at radius 3 is 2.23 bits per heavy atom. The maximum absolute atomic E-state index is 14.5. The number of rotatable bonds is 6. The van der Waals surface area contributed by atoms with Crippen molar-refractivity contribution in [1.29, 1.82) is 0 Å². The van der Waals surface area contributed by atoms with Crippen LogP contribution in [-0.4, -0.2) is 18.2 Å². The zero-order chi connectivity index (χ0) is 22.0. The molecule has 0 aromatic heterocycles. The van der Waals surface area contributed by atoms with Crippen molar-refractivity contribution in [3.63, 3.8) is 0 Å². The highest BCUT2D eigenvalue weighted by atomic mass is 19.1. The normalized spacial score (nSPS) is 18.1. The van der Waals surface area contributed by atoms with Crippen molar-refractivity contribution in [3.05, 3.63) is 95.1 Å². The van der Waals surface area contributed by atoms with Crippen LogP contribution in [0.5, 0.6) is 0 Å². The molecular formula is C26H23F2NO2. The van der Waals surface area contributed by atoms with Gasteiger partial charge in [-0.1, -0.05) is 54.6 Å². The summed E-state index contributed by atoms with van der Waals surface area (Å²) in [6, 6.07) is 20.1. The van der Waals surface area contributed by atoms with Gasteiger partial charge in [-0.25, -0.2) is 8.78 Å². The monoisotopic (exact) mass is 419 g/mol. The SMILES string of the molecule is Cc1cc(F)c([C@@H]2CNC(=O)[C@H]2CC(=O)Cc2ccc(-c3ccccc3)cc2)c(F)c1. The number of halogens is 2. The highest BCUT2D eigenvalue weighted by Crippen LogP contribution is 2.35. The zero-order valence-electron chi connectivity index (χ0n) is 17.2. The van der Waals surface area contributed by atoms with Crippen molar-refractivity contribution in [3.8, 4) is 11.1 Å². The molecule has 1 fully saturated rings. The Hall–Kier alpha value is -3.34. The summed E-state index contributed by atoms with van der Waals surface area (Å²) < 4.78 is 28.9. The molecule has 4 rings (SSSR count). The van der Waals surface area contributed by atoms with Gasteiger partial charge in [0, 0.05) is 30.9 Å². The van der Waals surface area contributed by atoms with E-state index >= 15 is 0 Å². The van der Waals surface area contributed by atoms with Gasteiger partial charge in [0.25, 0.3) is 0 Å². The molecule has 0 saturated carbocycles. The molecule has 3 nitrogen and oxygen atoms in total. The summed E-state index contributed by atoms with van der Waals surface area (Å²) in [5, 5.41) is 2.66. The van der Waals surface area contributed by atoms with Gasteiger partial charge in [-0.05, 0) is 41.3 Å². The summed E-state index contributed by atoms with van der Waals surface area (Å²) in [6.07, 6.45) is 0.119. The molecule has 2 atom stereocenters. The van der Waals surface area contributed by atoms with E-state index in [1.54, 1.807) is 6.92 Å². The first-order chi connectivity index (χ1) is 14.9. The maximum Gasteiger partial charge on any atom is 0.224 e. The largest absolute Gasteiger partial charge is 0.355 e. The van der Waals surface area contributed by atoms with Gasteiger partial charge in [0.2, 0.25) is 5.91 Å². The van der Waals surface area contributed by atoms with Crippen molar-refractivity contribution >= 4 is 11.7 Å². The average Bonchev–Trinajstić information content (AvgIpc) is 3.08. The number of benzene rings is 3. The van der Waals surface area contributed by atoms with Crippen LogP contribution in [0.25, 0.3) is 11.1 Å². The van der Waals surface area contributed by atoms with E-state index in [9.17, 15) is 18.4 Å². The average molecular weight is 419 g/mol. The van der Waals surface area contributed by atoms with Gasteiger partial charge < -0.3 is 5.32 Å². The first-order valence-corrected chi connectivity index (χ1v) is 10.3. The number of nitrogens with one attached hydrogen (secondary N) is 1. The Morgan fingerprint density at radius 1 is 0.968 bits per heavy atom. The summed E-state index contributed by atoms with van der Waals surface area (Å²) >= 11 is 0. The van der Waals surface area contributed by atoms with E-state index in [1.165, 1.54) is 12.1 Å². The van der Waals surface area contributed by atoms with Crippen molar-refractivity contribution in [2.45, 2.75) is 25.7 Å². The minimum absolute atomic E-state index is 0.0519. The zero-order valence-corrected chi connectivity index (χ0v) is 17.2. The molecule has 0 aliphatic carbocycles. The van der Waals surface area contributed by atoms with Crippen LogP contribution in [0.3, 0.4) is 0 Å². The van der Waals surface area contributed by atoms with Crippen molar-refractivity contribution < 1.29 is 18.4 Å². The quantitative estimate of drug-likeness (QED) is 0.613. The van der Waals surface area contributed by atoms with Gasteiger partial charge >= 0.3 is 0 Å². The number of ketones is 1. The molecule has 5 heteroatoms. The van der Waals surface area contributed by atoms with Gasteiger partial charge in [0.15, 0.2) is 0 Å². The molecule has 0 unspecified atom stereocenters. The predicted molar refractivity (Wildman–Crippen MR) is 116 cm³/mol. The van der Waals surface area contributed by atoms with Gasteiger partial charge in [0.1, 0.15) is 17.4 Å². The lowest BCUT2D eigenvalue weighted by atomic mass is 9.83. The number of hydrogen-bond donors (Lipinski definition) is 1. The van der Waals surface area contributed by atoms with E-state index in [1.807, 2.05) is 54.6 Å². The fraction of sp³-hybridized carbons (Fsp3) is 0.231. The second kappa shape index (κ2) is 8.80. The lowest BCUT2D eigenvalue weighted by Crippen LogP contribution is -2.23. The first kappa shape index (κ1) is 20.9. The summed E-state index contributed by atoms with van der Waals surface area (Å²) in [5.41, 5.74) is 3.34. The van der Waals surface area contributed by atoms with Crippen molar-refractivity contribution in [1.82, 2.24) is 5.32 Å². The van der Waals surface area contributed by atoms with Crippen LogP contribution in [0.2, 0.25) is 0 Å². The minimum atomic E-state index is -0.775. The maximum atomic E-state index is 14.5. The standard InChI is InChI=1S/C26H23F2NO2/c1-16-11-23(27)25(24(28)12-16)22-15-29-26(31)21(22)14-20(30)13-17-7-9-19(10-8-17)18-5-3-2-4-6-18/h2-12,21-22H,13-15H2,1H3,(H,29,31)/t21-,22+/m0/s1. The van der Waals surface area contributed by atoms with Crippen LogP contribution in [0.1, 0.15) is 29.0 Å². The fourth-order valence-electron chi connectivity index (χ4n) is 4.26. The van der Waals surface area contributed by atoms with E-state index in [4.69, 9.17) is 0 Å². The highest BCUT2D eigenvalue weighted by molar-refractivity contribution is 5.90. The minimum Gasteiger partial charge on any atom is -0.355 e. The summed E-state index contributed by atoms with van der Waals surface area (Å²) in [7, 11) is 0. The molecule has 1 N–H and O–H groups in total. The lowest BCUT2D eigenvalue weighted by Gasteiger charge is -2.18. The molecule has 31 heavy (non-hydrogen) atoms. The summed E-state index contributed by atoms with van der Waals surface area (Å²) in [6.45, 7) is 1.73. The third kappa shape index (κ3) is 4.55. The summed E-state index contributed by atoms with van der Waals surface area (Å²) in [5.74, 6) is -3.29. The van der Waals surface area contributed by atoms with Gasteiger partial charge in [-0.2, -0.15) is 0 Å². The van der Waals surface area contributed by atoms with Gasteiger partial charge in [0.05, 0.1) is 5.92 Å². The molecule has 0 radical (unpaired) electrons. The molecular weight excluding hydrogens is 396 g/mol. The Balaban J connectivity index is 1.47. The molecule has 3 aromatic carbocycles. The molecule has 3 aromatic rings. The Morgan fingerprint density at radius 2 is 1.58 bits per heavy atom. The molecule has 1 aliphatic rings. The molecule has 1 heterocycles. The third-order valence-electron chi connectivity index (χ3n) is 5.82. The van der Waals surface area contributed by atoms with Crippen LogP contribution in [0, 0.1) is 24.5 Å². The highest BCUT2D eigenvalue weighted by Gasteiger charge is 2.39. The third-order valence-corrected chi connectivity index (χ3v) is 5.82. The molecule has 158 valence electrons. The number of hydrogen-bond acceptors (Lipinski definition) is 2. The number of carbonyl (C=O) groups is 2. The predicted octanol–water partition coefficient (Wildman–Crippen LogP) is 4.97. The molecule has 1 aliphatic heterocycles. The fourth-order valence-corrected chi connectivity index (χ4v) is 4.26. The Bertz CT molecular complexity index is 1090. The number of Topliss-reactive ketones (excluding diaryl/α,β-unsaturated/α-hetero) is 1. The van der Waals surface area contributed by atoms with Crippen LogP contribution in [0.15, 0.2) is 66.7 Å². The van der Waals surface area contributed by atoms with Crippen LogP contribution in [0.4, 0.5) is 8.78 Å². The lowest BCUT2D eigenvalue weighted by molar-refractivity contribution is -0.127. The second-order valence-electron chi connectivity index (χ2n) is 8.08. The van der Waals surface area contributed by atoms with Crippen LogP contribution in [-0.2, 0) is 16.0 Å². The topological polar surface area (TPSA) is 46.2 Å². The van der Waals surface area contributed by atoms with Gasteiger partial charge in [-0.15, -0.1) is 0 Å². The molecule has 1 saturated heterocycles. The van der Waals surface area contributed by atoms with E-state index in [-0.39, 0.29) is 36.6 Å². The molecule has 0 bridgehead atoms. The van der Waals surface area contributed by atoms with E-state index in [0.29, 0.717) is 5.56 Å². The van der Waals surface area contributed by atoms with E-state index < -0.39 is 23.5 Å². The van der Waals surface area contributed by atoms with Gasteiger partial charge in [-0.3, -0.25) is 9.59 Å². The Labute approximate surface area is 180 Å². The summed E-state index contributed by atoms with van der Waals surface area (Å²) in [4.78, 5) is 25.0. The van der Waals surface area contributed by atoms with Crippen molar-refractivity contribution in [2.24, 2.45) is 5.92 Å². The molecule has 0 spiro atoms. The number of carbonyl (C=O) groups excluding carboxylic acids is 2. The van der Waals surface area contributed by atoms with Crippen molar-refractivity contribution in [2.75, 3.05) is 6.54 Å². The van der Waals surface area contributed by atoms with Crippen LogP contribution >= 0.6 is 0 Å². The Kier molecular flexibility index (Phi) is 5.94. The molecule has 1 amide bonds. The second-order valence-corrected chi connectivity index (χ2v) is 8.08. The number of aryl methyl sites for hydroxylation is 1.